The van der Waals surface area contributed by atoms with E-state index < -0.39 is 0 Å². The quantitative estimate of drug-likeness (QED) is 0.634. The number of benzene rings is 2. The molecule has 1 heterocycles. The number of rotatable bonds is 6. The minimum Gasteiger partial charge on any atom is -0.489 e. The van der Waals surface area contributed by atoms with Crippen LogP contribution >= 0.6 is 0 Å². The predicted molar refractivity (Wildman–Crippen MR) is 101 cm³/mol. The summed E-state index contributed by atoms with van der Waals surface area (Å²) in [5.74, 6) is 0.785. The molecule has 140 valence electrons. The number of aromatic nitrogens is 1. The molecule has 5 nitrogen and oxygen atoms in total. The van der Waals surface area contributed by atoms with E-state index in [2.05, 4.69) is 5.16 Å². The fourth-order valence-electron chi connectivity index (χ4n) is 2.80. The lowest BCUT2D eigenvalue weighted by molar-refractivity contribution is 0.0987. The van der Waals surface area contributed by atoms with Crippen molar-refractivity contribution >= 4 is 11.6 Å². The molecule has 3 rings (SSSR count). The highest BCUT2D eigenvalue weighted by molar-refractivity contribution is 6.06. The Kier molecular flexibility index (Phi) is 5.54. The lowest BCUT2D eigenvalue weighted by atomic mass is 10.1. The largest absolute Gasteiger partial charge is 0.489 e. The monoisotopic (exact) mass is 368 g/mol. The van der Waals surface area contributed by atoms with E-state index in [0.717, 1.165) is 11.3 Å². The summed E-state index contributed by atoms with van der Waals surface area (Å²) in [6, 6.07) is 12.9. The number of hydrogen-bond donors (Lipinski definition) is 0. The number of nitrogens with zero attached hydrogens (tertiary/aromatic N) is 2. The molecule has 1 aromatic heterocycles. The number of halogens is 1. The van der Waals surface area contributed by atoms with Crippen molar-refractivity contribution in [3.8, 4) is 5.75 Å². The highest BCUT2D eigenvalue weighted by Crippen LogP contribution is 2.22. The molecule has 0 unspecified atom stereocenters. The van der Waals surface area contributed by atoms with Gasteiger partial charge in [-0.25, -0.2) is 4.39 Å². The number of ether oxygens (including phenoxy) is 1. The van der Waals surface area contributed by atoms with Gasteiger partial charge in [-0.05, 0) is 63.2 Å². The van der Waals surface area contributed by atoms with Gasteiger partial charge in [-0.15, -0.1) is 0 Å². The first kappa shape index (κ1) is 18.6. The van der Waals surface area contributed by atoms with Gasteiger partial charge in [-0.3, -0.25) is 4.79 Å². The molecule has 0 fully saturated rings. The Morgan fingerprint density at radius 3 is 2.56 bits per heavy atom. The normalized spacial score (nSPS) is 10.7. The molecular formula is C21H21FN2O3. The summed E-state index contributed by atoms with van der Waals surface area (Å²) in [6.45, 7) is 6.35. The average Bonchev–Trinajstić information content (AvgIpc) is 3.00. The third kappa shape index (κ3) is 4.16. The van der Waals surface area contributed by atoms with Gasteiger partial charge in [0.1, 0.15) is 23.9 Å². The standard InChI is InChI=1S/C21H21FN2O3/c1-4-24(18-10-8-17(22)9-11-18)21(25)16-6-5-7-19(12-16)26-13-20-14(2)23-27-15(20)3/h5-12H,4,13H2,1-3H3. The fraction of sp³-hybridized carbons (Fsp3) is 0.238. The number of carbonyl (C=O) groups is 1. The van der Waals surface area contributed by atoms with E-state index in [1.165, 1.54) is 12.1 Å². The van der Waals surface area contributed by atoms with Crippen LogP contribution in [0.1, 0.15) is 34.3 Å². The molecule has 6 heteroatoms. The Hall–Kier alpha value is -3.15. The van der Waals surface area contributed by atoms with Gasteiger partial charge < -0.3 is 14.2 Å². The fourth-order valence-corrected chi connectivity index (χ4v) is 2.80. The van der Waals surface area contributed by atoms with Crippen molar-refractivity contribution in [3.63, 3.8) is 0 Å². The minimum absolute atomic E-state index is 0.174. The first-order valence-corrected chi connectivity index (χ1v) is 8.71. The molecule has 27 heavy (non-hydrogen) atoms. The second kappa shape index (κ2) is 8.03. The van der Waals surface area contributed by atoms with Crippen LogP contribution in [-0.4, -0.2) is 17.6 Å². The molecule has 0 N–H and O–H groups in total. The van der Waals surface area contributed by atoms with Crippen LogP contribution in [0.15, 0.2) is 53.1 Å². The maximum Gasteiger partial charge on any atom is 0.258 e. The molecule has 0 aliphatic rings. The third-order valence-electron chi connectivity index (χ3n) is 4.35. The molecule has 0 bridgehead atoms. The zero-order valence-electron chi connectivity index (χ0n) is 15.5. The Labute approximate surface area is 157 Å². The average molecular weight is 368 g/mol. The second-order valence-electron chi connectivity index (χ2n) is 6.15. The Balaban J connectivity index is 1.77. The van der Waals surface area contributed by atoms with E-state index in [9.17, 15) is 9.18 Å². The topological polar surface area (TPSA) is 55.6 Å². The van der Waals surface area contributed by atoms with Crippen LogP contribution in [0.5, 0.6) is 5.75 Å². The van der Waals surface area contributed by atoms with Crippen LogP contribution < -0.4 is 9.64 Å². The van der Waals surface area contributed by atoms with E-state index in [1.807, 2.05) is 20.8 Å². The van der Waals surface area contributed by atoms with Gasteiger partial charge in [0.25, 0.3) is 5.91 Å². The van der Waals surface area contributed by atoms with Gasteiger partial charge in [-0.2, -0.15) is 0 Å². The summed E-state index contributed by atoms with van der Waals surface area (Å²) in [7, 11) is 0. The highest BCUT2D eigenvalue weighted by Gasteiger charge is 2.17. The summed E-state index contributed by atoms with van der Waals surface area (Å²) >= 11 is 0. The van der Waals surface area contributed by atoms with Crippen LogP contribution in [0.2, 0.25) is 0 Å². The second-order valence-corrected chi connectivity index (χ2v) is 6.15. The zero-order valence-corrected chi connectivity index (χ0v) is 15.5. The summed E-state index contributed by atoms with van der Waals surface area (Å²) < 4.78 is 24.1. The third-order valence-corrected chi connectivity index (χ3v) is 4.35. The number of aryl methyl sites for hydroxylation is 2. The number of carbonyl (C=O) groups excluding carboxylic acids is 1. The zero-order chi connectivity index (χ0) is 19.4. The predicted octanol–water partition coefficient (Wildman–Crippen LogP) is 4.68. The lowest BCUT2D eigenvalue weighted by Gasteiger charge is -2.21. The van der Waals surface area contributed by atoms with Crippen molar-refractivity contribution in [2.24, 2.45) is 0 Å². The van der Waals surface area contributed by atoms with Crippen molar-refractivity contribution in [1.29, 1.82) is 0 Å². The van der Waals surface area contributed by atoms with E-state index in [4.69, 9.17) is 9.26 Å². The van der Waals surface area contributed by atoms with Crippen LogP contribution in [0, 0.1) is 19.7 Å². The lowest BCUT2D eigenvalue weighted by Crippen LogP contribution is -2.30. The van der Waals surface area contributed by atoms with Gasteiger partial charge in [0.15, 0.2) is 0 Å². The first-order chi connectivity index (χ1) is 13.0. The maximum absolute atomic E-state index is 13.2. The number of anilines is 1. The molecule has 0 aliphatic carbocycles. The van der Waals surface area contributed by atoms with Crippen LogP contribution in [0.25, 0.3) is 0 Å². The van der Waals surface area contributed by atoms with E-state index in [1.54, 1.807) is 41.3 Å². The molecular weight excluding hydrogens is 347 g/mol. The van der Waals surface area contributed by atoms with Crippen molar-refractivity contribution in [1.82, 2.24) is 5.16 Å². The van der Waals surface area contributed by atoms with Crippen molar-refractivity contribution in [2.75, 3.05) is 11.4 Å². The van der Waals surface area contributed by atoms with Gasteiger partial charge in [-0.1, -0.05) is 11.2 Å². The first-order valence-electron chi connectivity index (χ1n) is 8.71. The number of hydrogen-bond acceptors (Lipinski definition) is 4. The molecule has 0 saturated heterocycles. The Morgan fingerprint density at radius 1 is 1.19 bits per heavy atom. The molecule has 0 aliphatic heterocycles. The van der Waals surface area contributed by atoms with E-state index >= 15 is 0 Å². The van der Waals surface area contributed by atoms with Crippen LogP contribution in [0.3, 0.4) is 0 Å². The van der Waals surface area contributed by atoms with Crippen LogP contribution in [0.4, 0.5) is 10.1 Å². The molecule has 1 amide bonds. The molecule has 3 aromatic rings. The summed E-state index contributed by atoms with van der Waals surface area (Å²) in [4.78, 5) is 14.5. The smallest absolute Gasteiger partial charge is 0.258 e. The maximum atomic E-state index is 13.2. The van der Waals surface area contributed by atoms with Crippen molar-refractivity contribution in [3.05, 3.63) is 76.9 Å². The Morgan fingerprint density at radius 2 is 1.93 bits per heavy atom. The Bertz CT molecular complexity index is 915. The highest BCUT2D eigenvalue weighted by atomic mass is 19.1. The number of amides is 1. The SMILES string of the molecule is CCN(C(=O)c1cccc(OCc2c(C)noc2C)c1)c1ccc(F)cc1. The summed E-state index contributed by atoms with van der Waals surface area (Å²) in [6.07, 6.45) is 0. The molecule has 0 spiro atoms. The molecule has 0 radical (unpaired) electrons. The summed E-state index contributed by atoms with van der Waals surface area (Å²) in [5, 5.41) is 3.91. The molecule has 2 aromatic carbocycles. The van der Waals surface area contributed by atoms with Crippen molar-refractivity contribution < 1.29 is 18.4 Å². The minimum atomic E-state index is -0.336. The van der Waals surface area contributed by atoms with Gasteiger partial charge in [0.05, 0.1) is 11.3 Å². The van der Waals surface area contributed by atoms with Gasteiger partial charge >= 0.3 is 0 Å². The van der Waals surface area contributed by atoms with E-state index in [-0.39, 0.29) is 11.7 Å². The van der Waals surface area contributed by atoms with Crippen LogP contribution in [-0.2, 0) is 6.61 Å². The summed E-state index contributed by atoms with van der Waals surface area (Å²) in [5.41, 5.74) is 2.82. The van der Waals surface area contributed by atoms with Crippen molar-refractivity contribution in [2.45, 2.75) is 27.4 Å². The van der Waals surface area contributed by atoms with Gasteiger partial charge in [0.2, 0.25) is 0 Å². The van der Waals surface area contributed by atoms with Gasteiger partial charge in [0, 0.05) is 17.8 Å². The molecule has 0 atom stereocenters. The van der Waals surface area contributed by atoms with E-state index in [0.29, 0.717) is 35.9 Å². The molecule has 0 saturated carbocycles.